The predicted molar refractivity (Wildman–Crippen MR) is 122 cm³/mol. The molecule has 1 amide bonds. The highest BCUT2D eigenvalue weighted by molar-refractivity contribution is 7.89. The molecule has 1 N–H and O–H groups in total. The monoisotopic (exact) mass is 459 g/mol. The van der Waals surface area contributed by atoms with Gasteiger partial charge in [-0.05, 0) is 30.2 Å². The SMILES string of the molecule is CC(C)[C@H](NS(=O)(=O)c1ccc2c(c1)OCCO2)C(=O)N1CCN(c2ccccc2)CC1. The molecule has 0 unspecified atom stereocenters. The number of amides is 1. The van der Waals surface area contributed by atoms with Crippen LogP contribution in [0.15, 0.2) is 53.4 Å². The molecule has 1 saturated heterocycles. The average Bonchev–Trinajstić information content (AvgIpc) is 2.82. The van der Waals surface area contributed by atoms with E-state index in [2.05, 4.69) is 21.8 Å². The number of rotatable bonds is 6. The van der Waals surface area contributed by atoms with Crippen molar-refractivity contribution in [1.82, 2.24) is 9.62 Å². The fraction of sp³-hybridized carbons (Fsp3) is 0.435. The summed E-state index contributed by atoms with van der Waals surface area (Å²) < 4.78 is 39.7. The second-order valence-corrected chi connectivity index (χ2v) is 10.0. The Morgan fingerprint density at radius 1 is 0.938 bits per heavy atom. The zero-order valence-electron chi connectivity index (χ0n) is 18.4. The topological polar surface area (TPSA) is 88.2 Å². The number of nitrogens with zero attached hydrogens (tertiary/aromatic N) is 2. The minimum absolute atomic E-state index is 0.0501. The highest BCUT2D eigenvalue weighted by Crippen LogP contribution is 2.32. The first-order chi connectivity index (χ1) is 15.3. The van der Waals surface area contributed by atoms with Gasteiger partial charge in [0.1, 0.15) is 19.3 Å². The van der Waals surface area contributed by atoms with Crippen LogP contribution >= 0.6 is 0 Å². The van der Waals surface area contributed by atoms with Crippen molar-refractivity contribution in [3.05, 3.63) is 48.5 Å². The number of hydrogen-bond acceptors (Lipinski definition) is 6. The van der Waals surface area contributed by atoms with Gasteiger partial charge >= 0.3 is 0 Å². The van der Waals surface area contributed by atoms with Gasteiger partial charge in [0.2, 0.25) is 15.9 Å². The summed E-state index contributed by atoms with van der Waals surface area (Å²) in [6.45, 7) is 6.98. The van der Waals surface area contributed by atoms with Gasteiger partial charge in [-0.3, -0.25) is 4.79 Å². The summed E-state index contributed by atoms with van der Waals surface area (Å²) in [5.74, 6) is 0.502. The molecule has 0 saturated carbocycles. The van der Waals surface area contributed by atoms with Crippen molar-refractivity contribution >= 4 is 21.6 Å². The number of hydrogen-bond donors (Lipinski definition) is 1. The second-order valence-electron chi connectivity index (χ2n) is 8.30. The maximum Gasteiger partial charge on any atom is 0.241 e. The molecule has 1 fully saturated rings. The Morgan fingerprint density at radius 2 is 1.59 bits per heavy atom. The minimum Gasteiger partial charge on any atom is -0.486 e. The zero-order chi connectivity index (χ0) is 22.7. The fourth-order valence-corrected chi connectivity index (χ4v) is 5.27. The van der Waals surface area contributed by atoms with E-state index in [1.165, 1.54) is 12.1 Å². The van der Waals surface area contributed by atoms with Gasteiger partial charge in [0.25, 0.3) is 0 Å². The number of carbonyl (C=O) groups is 1. The van der Waals surface area contributed by atoms with Crippen LogP contribution < -0.4 is 19.1 Å². The molecule has 0 aromatic heterocycles. The Hall–Kier alpha value is -2.78. The Kier molecular flexibility index (Phi) is 6.57. The van der Waals surface area contributed by atoms with Crippen LogP contribution in [-0.4, -0.2) is 64.7 Å². The molecule has 2 aliphatic heterocycles. The Morgan fingerprint density at radius 3 is 2.25 bits per heavy atom. The van der Waals surface area contributed by atoms with Gasteiger partial charge in [-0.1, -0.05) is 32.0 Å². The highest BCUT2D eigenvalue weighted by Gasteiger charge is 2.33. The van der Waals surface area contributed by atoms with Crippen LogP contribution in [0.5, 0.6) is 11.5 Å². The van der Waals surface area contributed by atoms with Crippen molar-refractivity contribution in [3.63, 3.8) is 0 Å². The van der Waals surface area contributed by atoms with Crippen LogP contribution in [0, 0.1) is 5.92 Å². The average molecular weight is 460 g/mol. The molecule has 0 bridgehead atoms. The Labute approximate surface area is 189 Å². The number of nitrogens with one attached hydrogen (secondary N) is 1. The summed E-state index contributed by atoms with van der Waals surface area (Å²) >= 11 is 0. The zero-order valence-corrected chi connectivity index (χ0v) is 19.2. The van der Waals surface area contributed by atoms with E-state index in [4.69, 9.17) is 9.47 Å². The van der Waals surface area contributed by atoms with E-state index >= 15 is 0 Å². The molecule has 8 nitrogen and oxygen atoms in total. The van der Waals surface area contributed by atoms with Gasteiger partial charge in [-0.15, -0.1) is 0 Å². The van der Waals surface area contributed by atoms with Crippen LogP contribution in [0.2, 0.25) is 0 Å². The molecule has 2 aromatic carbocycles. The van der Waals surface area contributed by atoms with Gasteiger partial charge in [-0.2, -0.15) is 4.72 Å². The van der Waals surface area contributed by atoms with Crippen molar-refractivity contribution in [1.29, 1.82) is 0 Å². The van der Waals surface area contributed by atoms with E-state index in [1.54, 1.807) is 11.0 Å². The lowest BCUT2D eigenvalue weighted by Gasteiger charge is -2.38. The molecule has 172 valence electrons. The van der Waals surface area contributed by atoms with Crippen LogP contribution in [0.3, 0.4) is 0 Å². The van der Waals surface area contributed by atoms with E-state index < -0.39 is 16.1 Å². The molecule has 0 radical (unpaired) electrons. The number of piperazine rings is 1. The lowest BCUT2D eigenvalue weighted by atomic mass is 10.0. The minimum atomic E-state index is -3.92. The van der Waals surface area contributed by atoms with E-state index in [1.807, 2.05) is 32.0 Å². The van der Waals surface area contributed by atoms with Crippen LogP contribution in [0.1, 0.15) is 13.8 Å². The number of para-hydroxylation sites is 1. The first-order valence-electron chi connectivity index (χ1n) is 10.9. The molecule has 2 aromatic rings. The molecule has 2 aliphatic rings. The van der Waals surface area contributed by atoms with Crippen molar-refractivity contribution < 1.29 is 22.7 Å². The molecular weight excluding hydrogens is 430 g/mol. The number of ether oxygens (including phenoxy) is 2. The molecule has 32 heavy (non-hydrogen) atoms. The number of carbonyl (C=O) groups excluding carboxylic acids is 1. The summed E-state index contributed by atoms with van der Waals surface area (Å²) in [5, 5.41) is 0. The molecule has 4 rings (SSSR count). The molecular formula is C23H29N3O5S. The number of anilines is 1. The van der Waals surface area contributed by atoms with Crippen LogP contribution in [0.4, 0.5) is 5.69 Å². The highest BCUT2D eigenvalue weighted by atomic mass is 32.2. The maximum atomic E-state index is 13.3. The normalized spacial score (nSPS) is 17.3. The number of fused-ring (bicyclic) bond motifs is 1. The first-order valence-corrected chi connectivity index (χ1v) is 12.3. The molecule has 0 spiro atoms. The van der Waals surface area contributed by atoms with E-state index in [-0.39, 0.29) is 16.7 Å². The fourth-order valence-electron chi connectivity index (χ4n) is 3.92. The van der Waals surface area contributed by atoms with E-state index in [9.17, 15) is 13.2 Å². The third kappa shape index (κ3) is 4.83. The van der Waals surface area contributed by atoms with Gasteiger partial charge in [0.15, 0.2) is 11.5 Å². The van der Waals surface area contributed by atoms with Crippen molar-refractivity contribution in [2.24, 2.45) is 5.92 Å². The van der Waals surface area contributed by atoms with Crippen molar-refractivity contribution in [2.75, 3.05) is 44.3 Å². The predicted octanol–water partition coefficient (Wildman–Crippen LogP) is 2.11. The summed E-state index contributed by atoms with van der Waals surface area (Å²) in [5.41, 5.74) is 1.12. The standard InChI is InChI=1S/C23H29N3O5S/c1-17(2)22(23(27)26-12-10-25(11-13-26)18-6-4-3-5-7-18)24-32(28,29)19-8-9-20-21(16-19)31-15-14-30-20/h3-9,16-17,22,24H,10-15H2,1-2H3/t22-/m0/s1. The van der Waals surface area contributed by atoms with Gasteiger partial charge < -0.3 is 19.3 Å². The van der Waals surface area contributed by atoms with E-state index in [0.29, 0.717) is 50.9 Å². The lowest BCUT2D eigenvalue weighted by Crippen LogP contribution is -2.56. The van der Waals surface area contributed by atoms with Gasteiger partial charge in [0.05, 0.1) is 4.90 Å². The van der Waals surface area contributed by atoms with Crippen molar-refractivity contribution in [3.8, 4) is 11.5 Å². The third-order valence-electron chi connectivity index (χ3n) is 5.75. The number of benzene rings is 2. The molecule has 2 heterocycles. The van der Waals surface area contributed by atoms with Gasteiger partial charge in [0, 0.05) is 37.9 Å². The Bertz CT molecular complexity index is 1050. The summed E-state index contributed by atoms with van der Waals surface area (Å²) in [4.78, 5) is 17.3. The molecule has 1 atom stereocenters. The van der Waals surface area contributed by atoms with Crippen molar-refractivity contribution in [2.45, 2.75) is 24.8 Å². The maximum absolute atomic E-state index is 13.3. The van der Waals surface area contributed by atoms with Crippen LogP contribution in [-0.2, 0) is 14.8 Å². The third-order valence-corrected chi connectivity index (χ3v) is 7.19. The largest absolute Gasteiger partial charge is 0.486 e. The summed E-state index contributed by atoms with van der Waals surface area (Å²) in [7, 11) is -3.92. The molecule has 9 heteroatoms. The quantitative estimate of drug-likeness (QED) is 0.712. The number of sulfonamides is 1. The smallest absolute Gasteiger partial charge is 0.241 e. The molecule has 0 aliphatic carbocycles. The Balaban J connectivity index is 1.45. The first kappa shape index (κ1) is 22.4. The van der Waals surface area contributed by atoms with Gasteiger partial charge in [-0.25, -0.2) is 8.42 Å². The second kappa shape index (κ2) is 9.38. The summed E-state index contributed by atoms with van der Waals surface area (Å²) in [6, 6.07) is 13.7. The van der Waals surface area contributed by atoms with Crippen LogP contribution in [0.25, 0.3) is 0 Å². The lowest BCUT2D eigenvalue weighted by molar-refractivity contribution is -0.134. The summed E-state index contributed by atoms with van der Waals surface area (Å²) in [6.07, 6.45) is 0. The van der Waals surface area contributed by atoms with E-state index in [0.717, 1.165) is 5.69 Å².